The monoisotopic (exact) mass is 355 g/mol. The highest BCUT2D eigenvalue weighted by atomic mass is 79.9. The van der Waals surface area contributed by atoms with E-state index in [1.165, 1.54) is 0 Å². The largest absolute Gasteiger partial charge is 0.321 e. The molecule has 2 nitrogen and oxygen atoms in total. The zero-order valence-corrected chi connectivity index (χ0v) is 13.3. The summed E-state index contributed by atoms with van der Waals surface area (Å²) >= 11 is 13.7. The summed E-state index contributed by atoms with van der Waals surface area (Å²) in [5, 5.41) is 3.23. The zero-order valence-electron chi connectivity index (χ0n) is 10.1. The first kappa shape index (κ1) is 14.4. The third kappa shape index (κ3) is 3.32. The number of anilines is 1. The molecule has 0 bridgehead atoms. The van der Waals surface area contributed by atoms with Gasteiger partial charge in [-0.2, -0.15) is 0 Å². The second-order valence-electron chi connectivity index (χ2n) is 4.05. The van der Waals surface area contributed by atoms with Crippen LogP contribution in [0.5, 0.6) is 0 Å². The summed E-state index contributed by atoms with van der Waals surface area (Å²) in [7, 11) is 0. The van der Waals surface area contributed by atoms with Crippen LogP contribution in [0.15, 0.2) is 45.8 Å². The minimum absolute atomic E-state index is 0.257. The summed E-state index contributed by atoms with van der Waals surface area (Å²) in [4.78, 5) is 12.9. The summed E-state index contributed by atoms with van der Waals surface area (Å²) in [6.45, 7) is 1.96. The van der Waals surface area contributed by atoms with Gasteiger partial charge in [0.15, 0.2) is 0 Å². The van der Waals surface area contributed by atoms with Gasteiger partial charge in [-0.3, -0.25) is 4.79 Å². The van der Waals surface area contributed by atoms with E-state index in [-0.39, 0.29) is 5.91 Å². The van der Waals surface area contributed by atoms with Crippen molar-refractivity contribution in [1.29, 1.82) is 0 Å². The Kier molecular flexibility index (Phi) is 4.55. The Labute approximate surface area is 130 Å². The number of hydrogen-bond acceptors (Lipinski definition) is 2. The number of nitrogens with one attached hydrogen (secondary N) is 1. The SMILES string of the molecule is Cc1cccc(NC(=O)c2cc(S)ccc2Cl)c1Br. The van der Waals surface area contributed by atoms with Crippen molar-refractivity contribution >= 4 is 51.8 Å². The van der Waals surface area contributed by atoms with Gasteiger partial charge < -0.3 is 5.32 Å². The number of halogens is 2. The van der Waals surface area contributed by atoms with Gasteiger partial charge in [0.2, 0.25) is 0 Å². The molecule has 2 aromatic rings. The van der Waals surface area contributed by atoms with E-state index in [2.05, 4.69) is 33.9 Å². The summed E-state index contributed by atoms with van der Waals surface area (Å²) in [5.41, 5.74) is 2.17. The fraction of sp³-hybridized carbons (Fsp3) is 0.0714. The number of amides is 1. The lowest BCUT2D eigenvalue weighted by Gasteiger charge is -2.10. The van der Waals surface area contributed by atoms with Crippen molar-refractivity contribution in [2.24, 2.45) is 0 Å². The quantitative estimate of drug-likeness (QED) is 0.732. The highest BCUT2D eigenvalue weighted by Gasteiger charge is 2.12. The van der Waals surface area contributed by atoms with Gasteiger partial charge in [0.1, 0.15) is 0 Å². The lowest BCUT2D eigenvalue weighted by molar-refractivity contribution is 0.102. The second-order valence-corrected chi connectivity index (χ2v) is 5.77. The molecule has 1 N–H and O–H groups in total. The van der Waals surface area contributed by atoms with Crippen LogP contribution in [0.4, 0.5) is 5.69 Å². The predicted molar refractivity (Wildman–Crippen MR) is 85.5 cm³/mol. The number of aryl methyl sites for hydroxylation is 1. The van der Waals surface area contributed by atoms with Crippen LogP contribution in [0.25, 0.3) is 0 Å². The van der Waals surface area contributed by atoms with Crippen molar-refractivity contribution < 1.29 is 4.79 Å². The number of rotatable bonds is 2. The Morgan fingerprint density at radius 1 is 1.32 bits per heavy atom. The molecule has 0 fully saturated rings. The molecular weight excluding hydrogens is 346 g/mol. The van der Waals surface area contributed by atoms with Crippen LogP contribution in [0, 0.1) is 6.92 Å². The van der Waals surface area contributed by atoms with Crippen molar-refractivity contribution in [3.63, 3.8) is 0 Å². The molecule has 0 aliphatic heterocycles. The number of carbonyl (C=O) groups is 1. The summed E-state index contributed by atoms with van der Waals surface area (Å²) < 4.78 is 0.863. The molecule has 0 radical (unpaired) electrons. The second kappa shape index (κ2) is 5.99. The van der Waals surface area contributed by atoms with Crippen LogP contribution >= 0.6 is 40.2 Å². The molecule has 0 atom stereocenters. The number of benzene rings is 2. The van der Waals surface area contributed by atoms with E-state index in [0.29, 0.717) is 21.2 Å². The minimum Gasteiger partial charge on any atom is -0.321 e. The number of hydrogen-bond donors (Lipinski definition) is 2. The molecule has 98 valence electrons. The van der Waals surface area contributed by atoms with E-state index in [4.69, 9.17) is 11.6 Å². The zero-order chi connectivity index (χ0) is 14.0. The lowest BCUT2D eigenvalue weighted by atomic mass is 10.2. The van der Waals surface area contributed by atoms with Crippen LogP contribution < -0.4 is 5.32 Å². The van der Waals surface area contributed by atoms with E-state index in [9.17, 15) is 4.79 Å². The lowest BCUT2D eigenvalue weighted by Crippen LogP contribution is -2.13. The summed E-state index contributed by atoms with van der Waals surface area (Å²) in [6, 6.07) is 10.7. The third-order valence-electron chi connectivity index (χ3n) is 2.63. The molecule has 0 spiro atoms. The highest BCUT2D eigenvalue weighted by Crippen LogP contribution is 2.27. The molecule has 0 saturated heterocycles. The number of thiol groups is 1. The van der Waals surface area contributed by atoms with E-state index in [1.807, 2.05) is 25.1 Å². The Morgan fingerprint density at radius 3 is 2.79 bits per heavy atom. The van der Waals surface area contributed by atoms with Gasteiger partial charge in [0.05, 0.1) is 16.3 Å². The van der Waals surface area contributed by atoms with Crippen LogP contribution in [0.1, 0.15) is 15.9 Å². The third-order valence-corrected chi connectivity index (χ3v) is 4.29. The maximum atomic E-state index is 12.2. The summed E-state index contributed by atoms with van der Waals surface area (Å²) in [6.07, 6.45) is 0. The fourth-order valence-electron chi connectivity index (χ4n) is 1.62. The molecule has 19 heavy (non-hydrogen) atoms. The van der Waals surface area contributed by atoms with Crippen molar-refractivity contribution in [2.45, 2.75) is 11.8 Å². The molecule has 5 heteroatoms. The van der Waals surface area contributed by atoms with Gasteiger partial charge in [0.25, 0.3) is 5.91 Å². The molecule has 0 aliphatic rings. The number of carbonyl (C=O) groups excluding carboxylic acids is 1. The van der Waals surface area contributed by atoms with E-state index >= 15 is 0 Å². The average Bonchev–Trinajstić information content (AvgIpc) is 2.38. The average molecular weight is 357 g/mol. The van der Waals surface area contributed by atoms with Gasteiger partial charge in [-0.1, -0.05) is 23.7 Å². The summed E-state index contributed by atoms with van der Waals surface area (Å²) in [5.74, 6) is -0.257. The van der Waals surface area contributed by atoms with Gasteiger partial charge in [-0.25, -0.2) is 0 Å². The van der Waals surface area contributed by atoms with Gasteiger partial charge in [0, 0.05) is 9.37 Å². The molecule has 0 heterocycles. The van der Waals surface area contributed by atoms with Crippen LogP contribution in [0.3, 0.4) is 0 Å². The minimum atomic E-state index is -0.257. The Bertz CT molecular complexity index is 645. The van der Waals surface area contributed by atoms with Crippen molar-refractivity contribution in [1.82, 2.24) is 0 Å². The fourth-order valence-corrected chi connectivity index (χ4v) is 2.39. The first-order valence-corrected chi connectivity index (χ1v) is 7.16. The Balaban J connectivity index is 2.31. The van der Waals surface area contributed by atoms with Crippen molar-refractivity contribution in [3.05, 3.63) is 57.0 Å². The van der Waals surface area contributed by atoms with E-state index < -0.39 is 0 Å². The highest BCUT2D eigenvalue weighted by molar-refractivity contribution is 9.10. The maximum absolute atomic E-state index is 12.2. The van der Waals surface area contributed by atoms with Crippen LogP contribution in [0.2, 0.25) is 5.02 Å². The van der Waals surface area contributed by atoms with Crippen molar-refractivity contribution in [2.75, 3.05) is 5.32 Å². The molecule has 0 saturated carbocycles. The first-order valence-electron chi connectivity index (χ1n) is 5.54. The molecule has 0 aromatic heterocycles. The van der Waals surface area contributed by atoms with Gasteiger partial charge in [-0.05, 0) is 52.7 Å². The topological polar surface area (TPSA) is 29.1 Å². The van der Waals surface area contributed by atoms with Crippen molar-refractivity contribution in [3.8, 4) is 0 Å². The normalized spacial score (nSPS) is 10.3. The van der Waals surface area contributed by atoms with E-state index in [1.54, 1.807) is 18.2 Å². The molecule has 0 unspecified atom stereocenters. The predicted octanol–water partition coefficient (Wildman–Crippen LogP) is 4.95. The molecule has 1 amide bonds. The molecular formula is C14H11BrClNOS. The van der Waals surface area contributed by atoms with Crippen LogP contribution in [-0.4, -0.2) is 5.91 Å². The van der Waals surface area contributed by atoms with E-state index in [0.717, 1.165) is 10.0 Å². The molecule has 0 aliphatic carbocycles. The maximum Gasteiger partial charge on any atom is 0.257 e. The smallest absolute Gasteiger partial charge is 0.257 e. The Morgan fingerprint density at radius 2 is 2.05 bits per heavy atom. The van der Waals surface area contributed by atoms with Crippen LogP contribution in [-0.2, 0) is 0 Å². The standard InChI is InChI=1S/C14H11BrClNOS/c1-8-3-2-4-12(13(8)15)17-14(18)10-7-9(19)5-6-11(10)16/h2-7,19H,1H3,(H,17,18). The van der Waals surface area contributed by atoms with Gasteiger partial charge >= 0.3 is 0 Å². The Hall–Kier alpha value is -0.970. The first-order chi connectivity index (χ1) is 8.99. The van der Waals surface area contributed by atoms with Gasteiger partial charge in [-0.15, -0.1) is 12.6 Å². The molecule has 2 rings (SSSR count). The molecule has 2 aromatic carbocycles.